The Bertz CT molecular complexity index is 472. The fourth-order valence-electron chi connectivity index (χ4n) is 1.79. The van der Waals surface area contributed by atoms with Crippen LogP contribution in [0.2, 0.25) is 16.6 Å². The molecule has 5 unspecified atom stereocenters. The van der Waals surface area contributed by atoms with Gasteiger partial charge in [-0.3, -0.25) is 0 Å². The van der Waals surface area contributed by atoms with Gasteiger partial charge in [0, 0.05) is 0 Å². The molecule has 0 aliphatic carbocycles. The molecule has 1 heterocycles. The van der Waals surface area contributed by atoms with Crippen LogP contribution >= 0.6 is 0 Å². The molecular weight excluding hydrogens is 359 g/mol. The maximum atomic E-state index is 11.7. The molecule has 0 aromatic heterocycles. The summed E-state index contributed by atoms with van der Waals surface area (Å²) in [6.07, 6.45) is -7.18. The molecule has 0 saturated carbocycles. The third kappa shape index (κ3) is 5.82. The normalized spacial score (nSPS) is 33.3. The van der Waals surface area contributed by atoms with Crippen LogP contribution in [0.4, 0.5) is 0 Å². The summed E-state index contributed by atoms with van der Waals surface area (Å²) in [5, 5.41) is 28.7. The fraction of sp³-hybridized carbons (Fsp3) is 1.00. The summed E-state index contributed by atoms with van der Waals surface area (Å²) >= 11 is -3.13. The van der Waals surface area contributed by atoms with Crippen molar-refractivity contribution >= 4 is 23.6 Å². The van der Waals surface area contributed by atoms with Crippen molar-refractivity contribution in [1.29, 1.82) is 0 Å². The molecule has 0 bridgehead atoms. The van der Waals surface area contributed by atoms with Crippen LogP contribution in [0.5, 0.6) is 0 Å². The summed E-state index contributed by atoms with van der Waals surface area (Å²) < 4.78 is 51.2. The van der Waals surface area contributed by atoms with E-state index in [-0.39, 0.29) is 5.21 Å². The molecule has 0 radical (unpaired) electrons. The average molecular weight is 378 g/mol. The molecule has 1 aliphatic rings. The van der Waals surface area contributed by atoms with Gasteiger partial charge < -0.3 is 0 Å². The van der Waals surface area contributed by atoms with Crippen LogP contribution in [0, 0.1) is 0 Å². The van der Waals surface area contributed by atoms with Crippen molar-refractivity contribution in [2.24, 2.45) is 0 Å². The molecule has 1 aliphatic heterocycles. The van der Waals surface area contributed by atoms with Crippen molar-refractivity contribution in [3.05, 3.63) is 0 Å². The predicted octanol–water partition coefficient (Wildman–Crippen LogP) is -1.71. The van der Waals surface area contributed by atoms with Crippen molar-refractivity contribution < 1.29 is 41.5 Å². The van der Waals surface area contributed by atoms with Crippen molar-refractivity contribution in [1.82, 2.24) is 0 Å². The third-order valence-electron chi connectivity index (χ3n) is 2.58. The van der Waals surface area contributed by atoms with E-state index in [2.05, 4.69) is 0 Å². The number of aliphatic hydroxyl groups excluding tert-OH is 3. The summed E-state index contributed by atoms with van der Waals surface area (Å²) in [5.41, 5.74) is 3.09. The van der Waals surface area contributed by atoms with E-state index in [1.165, 1.54) is 0 Å². The van der Waals surface area contributed by atoms with Crippen LogP contribution in [-0.4, -0.2) is 78.4 Å². The van der Waals surface area contributed by atoms with Crippen molar-refractivity contribution in [2.45, 2.75) is 47.5 Å². The Hall–Kier alpha value is 0.0684. The monoisotopic (exact) mass is 378 g/mol. The first-order valence-corrected chi connectivity index (χ1v) is 13.2. The second-order valence-electron chi connectivity index (χ2n) is 5.12. The Morgan fingerprint density at radius 3 is 2.30 bits per heavy atom. The fourth-order valence-corrected chi connectivity index (χ4v) is 4.68. The van der Waals surface area contributed by atoms with E-state index in [0.29, 0.717) is 0 Å². The third-order valence-corrected chi connectivity index (χ3v) is 5.89. The summed E-state index contributed by atoms with van der Waals surface area (Å²) in [6, 6.07) is 0. The van der Waals surface area contributed by atoms with Gasteiger partial charge in [0.1, 0.15) is 0 Å². The Labute approximate surface area is 118 Å². The minimum absolute atomic E-state index is 0.0602. The maximum absolute atomic E-state index is 11.7. The standard InChI is InChI=1S/C9H19AsO9S/c1-10(2,14)3-5-7(12)8(13)9(18-5)19-6(11)4-20(15,16)17/h5-9,11-13H,3-4H2,1-2H3,(H,15,16,17). The van der Waals surface area contributed by atoms with Gasteiger partial charge in [0.15, 0.2) is 0 Å². The molecular formula is C9H19AsO9S. The van der Waals surface area contributed by atoms with Gasteiger partial charge >= 0.3 is 118 Å². The van der Waals surface area contributed by atoms with Crippen LogP contribution in [0.1, 0.15) is 0 Å². The average Bonchev–Trinajstić information content (AvgIpc) is 2.41. The van der Waals surface area contributed by atoms with E-state index in [1.54, 1.807) is 11.4 Å². The van der Waals surface area contributed by atoms with Gasteiger partial charge in [-0.15, -0.1) is 0 Å². The molecule has 120 valence electrons. The number of rotatable bonds is 6. The molecule has 4 N–H and O–H groups in total. The first-order chi connectivity index (χ1) is 8.89. The molecule has 20 heavy (non-hydrogen) atoms. The molecule has 1 saturated heterocycles. The Morgan fingerprint density at radius 2 is 1.85 bits per heavy atom. The topological polar surface area (TPSA) is 151 Å². The Balaban J connectivity index is 2.63. The summed E-state index contributed by atoms with van der Waals surface area (Å²) in [5.74, 6) is -1.09. The molecule has 5 atom stereocenters. The van der Waals surface area contributed by atoms with Gasteiger partial charge in [-0.1, -0.05) is 0 Å². The number of hydrogen-bond donors (Lipinski definition) is 4. The molecule has 9 nitrogen and oxygen atoms in total. The molecule has 1 rings (SSSR count). The van der Waals surface area contributed by atoms with Crippen molar-refractivity contribution in [2.75, 3.05) is 5.75 Å². The quantitative estimate of drug-likeness (QED) is 0.241. The van der Waals surface area contributed by atoms with Gasteiger partial charge in [-0.25, -0.2) is 0 Å². The molecule has 0 amide bonds. The molecule has 1 fully saturated rings. The number of aliphatic hydroxyl groups is 3. The van der Waals surface area contributed by atoms with E-state index in [1.807, 2.05) is 0 Å². The van der Waals surface area contributed by atoms with Crippen molar-refractivity contribution in [3.8, 4) is 0 Å². The van der Waals surface area contributed by atoms with E-state index in [9.17, 15) is 27.5 Å². The van der Waals surface area contributed by atoms with E-state index in [0.717, 1.165) is 0 Å². The van der Waals surface area contributed by atoms with E-state index < -0.39 is 60.3 Å². The zero-order valence-electron chi connectivity index (χ0n) is 11.0. The molecule has 0 aromatic carbocycles. The van der Waals surface area contributed by atoms with Gasteiger partial charge in [0.2, 0.25) is 0 Å². The summed E-state index contributed by atoms with van der Waals surface area (Å²) in [7, 11) is -4.45. The van der Waals surface area contributed by atoms with E-state index >= 15 is 0 Å². The Kier molecular flexibility index (Phi) is 5.84. The second kappa shape index (κ2) is 6.45. The molecule has 0 spiro atoms. The van der Waals surface area contributed by atoms with Crippen LogP contribution in [0.3, 0.4) is 0 Å². The van der Waals surface area contributed by atoms with Crippen LogP contribution < -0.4 is 0 Å². The summed E-state index contributed by atoms with van der Waals surface area (Å²) in [4.78, 5) is 0. The number of ether oxygens (including phenoxy) is 2. The second-order valence-corrected chi connectivity index (χ2v) is 14.0. The minimum atomic E-state index is -4.45. The van der Waals surface area contributed by atoms with Gasteiger partial charge in [0.25, 0.3) is 0 Å². The first-order valence-electron chi connectivity index (χ1n) is 5.73. The predicted molar refractivity (Wildman–Crippen MR) is 67.2 cm³/mol. The number of hydrogen-bond acceptors (Lipinski definition) is 8. The molecule has 0 aromatic rings. The van der Waals surface area contributed by atoms with Gasteiger partial charge in [-0.2, -0.15) is 0 Å². The van der Waals surface area contributed by atoms with Gasteiger partial charge in [0.05, 0.1) is 0 Å². The zero-order chi connectivity index (χ0) is 15.7. The summed E-state index contributed by atoms with van der Waals surface area (Å²) in [6.45, 7) is 0. The SMILES string of the molecule is C[As](C)(=O)CC1OC(OC(O)CS(=O)(=O)O)C(O)C1O. The van der Waals surface area contributed by atoms with Crippen LogP contribution in [0.25, 0.3) is 0 Å². The Morgan fingerprint density at radius 1 is 1.30 bits per heavy atom. The first kappa shape index (κ1) is 18.1. The van der Waals surface area contributed by atoms with Gasteiger partial charge in [-0.05, 0) is 0 Å². The van der Waals surface area contributed by atoms with Crippen molar-refractivity contribution in [3.63, 3.8) is 0 Å². The zero-order valence-corrected chi connectivity index (χ0v) is 13.7. The van der Waals surface area contributed by atoms with Crippen LogP contribution in [-0.2, 0) is 23.3 Å². The molecule has 11 heteroatoms. The van der Waals surface area contributed by atoms with E-state index in [4.69, 9.17) is 14.0 Å². The van der Waals surface area contributed by atoms with Crippen LogP contribution in [0.15, 0.2) is 0 Å².